The van der Waals surface area contributed by atoms with Gasteiger partial charge in [-0.15, -0.1) is 0 Å². The average Bonchev–Trinajstić information content (AvgIpc) is 3.27. The maximum atomic E-state index is 4.96. The zero-order valence-corrected chi connectivity index (χ0v) is 29.5. The molecule has 54 heavy (non-hydrogen) atoms. The van der Waals surface area contributed by atoms with E-state index in [1.54, 1.807) is 6.33 Å². The van der Waals surface area contributed by atoms with Crippen molar-refractivity contribution in [2.45, 2.75) is 0 Å². The lowest BCUT2D eigenvalue weighted by molar-refractivity contribution is 1.07. The minimum Gasteiger partial charge on any atom is -0.217 e. The van der Waals surface area contributed by atoms with Crippen LogP contribution in [-0.2, 0) is 0 Å². The first-order valence-electron chi connectivity index (χ1n) is 18.2. The lowest BCUT2D eigenvalue weighted by Gasteiger charge is -2.10. The zero-order chi connectivity index (χ0) is 36.1. The monoisotopic (exact) mass is 689 g/mol. The number of hydrogen-bond acceptors (Lipinski definition) is 3. The molecular weight excluding hydrogens is 655 g/mol. The summed E-state index contributed by atoms with van der Waals surface area (Å²) in [7, 11) is 0. The first-order valence-corrected chi connectivity index (χ1v) is 18.2. The Morgan fingerprint density at radius 2 is 0.444 bits per heavy atom. The van der Waals surface area contributed by atoms with Crippen molar-refractivity contribution in [3.63, 3.8) is 0 Å². The van der Waals surface area contributed by atoms with Crippen LogP contribution < -0.4 is 0 Å². The Bertz CT molecular complexity index is 2500. The van der Waals surface area contributed by atoms with Crippen LogP contribution in [0.1, 0.15) is 0 Å². The highest BCUT2D eigenvalue weighted by Crippen LogP contribution is 2.33. The Kier molecular flexibility index (Phi) is 8.94. The van der Waals surface area contributed by atoms with Crippen LogP contribution in [0.25, 0.3) is 89.5 Å². The van der Waals surface area contributed by atoms with E-state index >= 15 is 0 Å². The molecular formula is C51H35N3. The van der Waals surface area contributed by atoms with Gasteiger partial charge in [0, 0.05) is 11.1 Å². The molecule has 0 fully saturated rings. The van der Waals surface area contributed by atoms with Crippen LogP contribution >= 0.6 is 0 Å². The Morgan fingerprint density at radius 3 is 0.796 bits per heavy atom. The summed E-state index contributed by atoms with van der Waals surface area (Å²) in [5, 5.41) is 0. The fourth-order valence-electron chi connectivity index (χ4n) is 6.98. The molecule has 3 nitrogen and oxygen atoms in total. The van der Waals surface area contributed by atoms with Crippen LogP contribution in [-0.4, -0.2) is 15.0 Å². The molecule has 0 saturated heterocycles. The van der Waals surface area contributed by atoms with Gasteiger partial charge in [0.25, 0.3) is 0 Å². The maximum Gasteiger partial charge on any atom is 0.163 e. The molecule has 3 heteroatoms. The molecule has 0 N–H and O–H groups in total. The lowest BCUT2D eigenvalue weighted by Crippen LogP contribution is -1.95. The standard InChI is InChI=1S/C51H35N3/c1-3-11-36(12-4-1)38-23-27-40(28-24-38)42-15-7-17-44(31-42)46-19-9-21-48(33-46)50-52-35-53-51(54-50)49-22-10-20-47(34-49)45-18-8-16-43(32-45)41-29-25-39(26-30-41)37-13-5-2-6-14-37/h1-35H. The zero-order valence-electron chi connectivity index (χ0n) is 29.5. The molecule has 1 heterocycles. The number of nitrogens with zero attached hydrogens (tertiary/aromatic N) is 3. The predicted octanol–water partition coefficient (Wildman–Crippen LogP) is 13.2. The molecule has 0 aliphatic heterocycles. The molecule has 0 radical (unpaired) electrons. The molecule has 0 aliphatic rings. The van der Waals surface area contributed by atoms with Crippen molar-refractivity contribution in [3.8, 4) is 89.5 Å². The van der Waals surface area contributed by atoms with Crippen molar-refractivity contribution in [1.29, 1.82) is 0 Å². The van der Waals surface area contributed by atoms with Gasteiger partial charge in [0.05, 0.1) is 0 Å². The Morgan fingerprint density at radius 1 is 0.204 bits per heavy atom. The molecule has 9 aromatic rings. The molecule has 0 saturated carbocycles. The van der Waals surface area contributed by atoms with E-state index in [4.69, 9.17) is 4.98 Å². The van der Waals surface area contributed by atoms with Crippen molar-refractivity contribution in [1.82, 2.24) is 15.0 Å². The summed E-state index contributed by atoms with van der Waals surface area (Å²) < 4.78 is 0. The van der Waals surface area contributed by atoms with Gasteiger partial charge >= 0.3 is 0 Å². The van der Waals surface area contributed by atoms with Gasteiger partial charge in [-0.05, 0) is 91.0 Å². The Labute approximate surface area is 316 Å². The van der Waals surface area contributed by atoms with E-state index in [2.05, 4.69) is 204 Å². The third-order valence-electron chi connectivity index (χ3n) is 9.86. The molecule has 0 amide bonds. The summed E-state index contributed by atoms with van der Waals surface area (Å²) in [6.07, 6.45) is 1.61. The minimum absolute atomic E-state index is 0.640. The number of hydrogen-bond donors (Lipinski definition) is 0. The second-order valence-electron chi connectivity index (χ2n) is 13.3. The van der Waals surface area contributed by atoms with Crippen molar-refractivity contribution >= 4 is 0 Å². The van der Waals surface area contributed by atoms with E-state index < -0.39 is 0 Å². The molecule has 0 atom stereocenters. The third kappa shape index (κ3) is 6.99. The molecule has 0 spiro atoms. The van der Waals surface area contributed by atoms with Crippen LogP contribution in [0.3, 0.4) is 0 Å². The van der Waals surface area contributed by atoms with Gasteiger partial charge in [0.1, 0.15) is 6.33 Å². The highest BCUT2D eigenvalue weighted by molar-refractivity contribution is 5.79. The largest absolute Gasteiger partial charge is 0.217 e. The van der Waals surface area contributed by atoms with E-state index in [0.29, 0.717) is 11.6 Å². The number of rotatable bonds is 8. The first-order chi connectivity index (χ1) is 26.7. The topological polar surface area (TPSA) is 38.7 Å². The van der Waals surface area contributed by atoms with Crippen molar-refractivity contribution in [3.05, 3.63) is 213 Å². The summed E-state index contributed by atoms with van der Waals surface area (Å²) in [5.74, 6) is 1.28. The van der Waals surface area contributed by atoms with Crippen LogP contribution in [0.15, 0.2) is 213 Å². The van der Waals surface area contributed by atoms with Crippen molar-refractivity contribution in [2.24, 2.45) is 0 Å². The van der Waals surface area contributed by atoms with Gasteiger partial charge in [-0.2, -0.15) is 0 Å². The van der Waals surface area contributed by atoms with Gasteiger partial charge in [-0.3, -0.25) is 0 Å². The predicted molar refractivity (Wildman–Crippen MR) is 223 cm³/mol. The maximum absolute atomic E-state index is 4.96. The van der Waals surface area contributed by atoms with E-state index in [-0.39, 0.29) is 0 Å². The van der Waals surface area contributed by atoms with Gasteiger partial charge in [0.15, 0.2) is 11.6 Å². The Hall–Kier alpha value is -7.23. The van der Waals surface area contributed by atoms with Crippen LogP contribution in [0.2, 0.25) is 0 Å². The minimum atomic E-state index is 0.640. The summed E-state index contributed by atoms with van der Waals surface area (Å²) in [6.45, 7) is 0. The van der Waals surface area contributed by atoms with Crippen LogP contribution in [0, 0.1) is 0 Å². The summed E-state index contributed by atoms with van der Waals surface area (Å²) in [5.41, 5.74) is 15.9. The fourth-order valence-corrected chi connectivity index (χ4v) is 6.98. The second-order valence-corrected chi connectivity index (χ2v) is 13.3. The van der Waals surface area contributed by atoms with Crippen LogP contribution in [0.4, 0.5) is 0 Å². The van der Waals surface area contributed by atoms with Gasteiger partial charge in [-0.25, -0.2) is 15.0 Å². The third-order valence-corrected chi connectivity index (χ3v) is 9.86. The van der Waals surface area contributed by atoms with E-state index in [0.717, 1.165) is 33.4 Å². The van der Waals surface area contributed by atoms with Gasteiger partial charge < -0.3 is 0 Å². The highest BCUT2D eigenvalue weighted by Gasteiger charge is 2.11. The van der Waals surface area contributed by atoms with E-state index in [9.17, 15) is 0 Å². The molecule has 8 aromatic carbocycles. The number of benzene rings is 8. The highest BCUT2D eigenvalue weighted by atomic mass is 15.0. The normalized spacial score (nSPS) is 11.0. The van der Waals surface area contributed by atoms with Gasteiger partial charge in [0.2, 0.25) is 0 Å². The lowest BCUT2D eigenvalue weighted by atomic mass is 9.96. The Balaban J connectivity index is 0.957. The molecule has 9 rings (SSSR count). The van der Waals surface area contributed by atoms with Crippen molar-refractivity contribution in [2.75, 3.05) is 0 Å². The molecule has 0 unspecified atom stereocenters. The number of aromatic nitrogens is 3. The fraction of sp³-hybridized carbons (Fsp3) is 0. The summed E-state index contributed by atoms with van der Waals surface area (Å²) >= 11 is 0. The van der Waals surface area contributed by atoms with Crippen LogP contribution in [0.5, 0.6) is 0 Å². The summed E-state index contributed by atoms with van der Waals surface area (Å²) in [4.78, 5) is 14.2. The molecule has 0 bridgehead atoms. The SMILES string of the molecule is c1ccc(-c2ccc(-c3cccc(-c4cccc(-c5ncnc(-c6cccc(-c7cccc(-c8ccc(-c9ccccc9)cc8)c7)c6)n5)c4)c3)cc2)cc1. The van der Waals surface area contributed by atoms with E-state index in [1.807, 2.05) is 12.1 Å². The first kappa shape index (κ1) is 32.7. The molecule has 254 valence electrons. The average molecular weight is 690 g/mol. The van der Waals surface area contributed by atoms with E-state index in [1.165, 1.54) is 44.5 Å². The second kappa shape index (κ2) is 14.8. The quantitative estimate of drug-likeness (QED) is 0.159. The van der Waals surface area contributed by atoms with Crippen molar-refractivity contribution < 1.29 is 0 Å². The smallest absolute Gasteiger partial charge is 0.163 e. The van der Waals surface area contributed by atoms with Gasteiger partial charge in [-0.1, -0.05) is 182 Å². The summed E-state index contributed by atoms with van der Waals surface area (Å²) in [6, 6.07) is 72.7. The molecule has 1 aromatic heterocycles. The molecule has 0 aliphatic carbocycles.